The fraction of sp³-hybridized carbons (Fsp3) is 0.400. The van der Waals surface area contributed by atoms with E-state index < -0.39 is 43.4 Å². The van der Waals surface area contributed by atoms with Gasteiger partial charge < -0.3 is 29.7 Å². The molecule has 0 aliphatic carbocycles. The average Bonchev–Trinajstić information content (AvgIpc) is 2.88. The van der Waals surface area contributed by atoms with Gasteiger partial charge in [0.2, 0.25) is 12.7 Å². The zero-order chi connectivity index (χ0) is 26.3. The molecule has 2 N–H and O–H groups in total. The first-order valence-electron chi connectivity index (χ1n) is 11.4. The van der Waals surface area contributed by atoms with Crippen molar-refractivity contribution in [1.29, 1.82) is 0 Å². The van der Waals surface area contributed by atoms with E-state index in [1.54, 1.807) is 33.2 Å². The van der Waals surface area contributed by atoms with Crippen molar-refractivity contribution in [2.75, 3.05) is 26.9 Å². The lowest BCUT2D eigenvalue weighted by Gasteiger charge is -2.21. The molecule has 1 aromatic carbocycles. The van der Waals surface area contributed by atoms with Crippen molar-refractivity contribution in [2.24, 2.45) is 5.92 Å². The third kappa shape index (κ3) is 10.4. The summed E-state index contributed by atoms with van der Waals surface area (Å²) in [7, 11) is 1.55. The molecule has 0 saturated heterocycles. The molecule has 1 heterocycles. The van der Waals surface area contributed by atoms with Gasteiger partial charge in [-0.25, -0.2) is 14.4 Å². The van der Waals surface area contributed by atoms with Crippen molar-refractivity contribution in [3.63, 3.8) is 0 Å². The third-order valence-corrected chi connectivity index (χ3v) is 4.97. The summed E-state index contributed by atoms with van der Waals surface area (Å²) in [6.07, 6.45) is 0.577. The van der Waals surface area contributed by atoms with Crippen LogP contribution < -0.4 is 10.6 Å². The third-order valence-electron chi connectivity index (χ3n) is 4.97. The molecule has 2 aromatic rings. The van der Waals surface area contributed by atoms with Crippen LogP contribution in [0.25, 0.3) is 0 Å². The smallest absolute Gasteiger partial charge is 0.412 e. The van der Waals surface area contributed by atoms with Crippen LogP contribution in [-0.2, 0) is 36.8 Å². The second kappa shape index (κ2) is 15.0. The van der Waals surface area contributed by atoms with Crippen molar-refractivity contribution < 1.29 is 33.4 Å². The topological polar surface area (TPSA) is 136 Å². The lowest BCUT2D eigenvalue weighted by Crippen LogP contribution is -2.48. The molecule has 194 valence electrons. The van der Waals surface area contributed by atoms with E-state index in [2.05, 4.69) is 15.6 Å². The van der Waals surface area contributed by atoms with Crippen LogP contribution in [0.1, 0.15) is 25.1 Å². The normalized spacial score (nSPS) is 11.2. The zero-order valence-electron chi connectivity index (χ0n) is 20.6. The minimum Gasteiger partial charge on any atom is -0.459 e. The number of ether oxygens (including phenoxy) is 3. The maximum absolute atomic E-state index is 12.4. The number of rotatable bonds is 12. The van der Waals surface area contributed by atoms with Crippen LogP contribution in [0.5, 0.6) is 0 Å². The lowest BCUT2D eigenvalue weighted by atomic mass is 10.0. The Labute approximate surface area is 210 Å². The summed E-state index contributed by atoms with van der Waals surface area (Å²) in [6, 6.07) is 13.8. The molecule has 3 amide bonds. The Hall–Kier alpha value is -4.15. The summed E-state index contributed by atoms with van der Waals surface area (Å²) in [5.74, 6) is -1.42. The summed E-state index contributed by atoms with van der Waals surface area (Å²) < 4.78 is 14.9. The van der Waals surface area contributed by atoms with E-state index in [0.29, 0.717) is 13.0 Å². The number of amides is 3. The molecule has 0 unspecified atom stereocenters. The molecular weight excluding hydrogens is 468 g/mol. The van der Waals surface area contributed by atoms with Crippen molar-refractivity contribution >= 4 is 24.1 Å². The van der Waals surface area contributed by atoms with E-state index in [-0.39, 0.29) is 12.5 Å². The average molecular weight is 501 g/mol. The zero-order valence-corrected chi connectivity index (χ0v) is 20.6. The van der Waals surface area contributed by atoms with Gasteiger partial charge in [0, 0.05) is 31.9 Å². The summed E-state index contributed by atoms with van der Waals surface area (Å²) in [5, 5.41) is 4.78. The van der Waals surface area contributed by atoms with Gasteiger partial charge in [0.15, 0.2) is 0 Å². The quantitative estimate of drug-likeness (QED) is 0.335. The molecule has 11 nitrogen and oxygen atoms in total. The van der Waals surface area contributed by atoms with Gasteiger partial charge in [-0.1, -0.05) is 50.2 Å². The first-order valence-corrected chi connectivity index (χ1v) is 11.4. The largest absolute Gasteiger partial charge is 0.459 e. The van der Waals surface area contributed by atoms with Crippen LogP contribution in [0.4, 0.5) is 9.59 Å². The SMILES string of the molecule is CC(C)[C@H](NC(=O)CNC(=O)OCOC(=O)N(C)CCc1ccccn1)C(=O)OCc1ccccc1. The molecule has 1 aromatic heterocycles. The Morgan fingerprint density at radius 2 is 1.69 bits per heavy atom. The molecule has 2 rings (SSSR count). The number of hydrogen-bond donors (Lipinski definition) is 2. The maximum Gasteiger partial charge on any atom is 0.412 e. The number of carbonyl (C=O) groups is 4. The van der Waals surface area contributed by atoms with Gasteiger partial charge in [-0.15, -0.1) is 0 Å². The lowest BCUT2D eigenvalue weighted by molar-refractivity contribution is -0.150. The van der Waals surface area contributed by atoms with E-state index in [4.69, 9.17) is 14.2 Å². The second-order valence-corrected chi connectivity index (χ2v) is 8.19. The summed E-state index contributed by atoms with van der Waals surface area (Å²) in [4.78, 5) is 53.9. The molecule has 0 saturated carbocycles. The highest BCUT2D eigenvalue weighted by Gasteiger charge is 2.26. The number of benzene rings is 1. The van der Waals surface area contributed by atoms with Gasteiger partial charge in [-0.05, 0) is 23.6 Å². The van der Waals surface area contributed by atoms with Crippen molar-refractivity contribution in [3.8, 4) is 0 Å². The predicted molar refractivity (Wildman–Crippen MR) is 129 cm³/mol. The number of nitrogens with zero attached hydrogens (tertiary/aromatic N) is 2. The number of pyridine rings is 1. The van der Waals surface area contributed by atoms with E-state index >= 15 is 0 Å². The number of nitrogens with one attached hydrogen (secondary N) is 2. The van der Waals surface area contributed by atoms with Crippen molar-refractivity contribution in [2.45, 2.75) is 32.9 Å². The van der Waals surface area contributed by atoms with Gasteiger partial charge >= 0.3 is 18.2 Å². The summed E-state index contributed by atoms with van der Waals surface area (Å²) >= 11 is 0. The molecule has 0 radical (unpaired) electrons. The minimum atomic E-state index is -0.957. The number of likely N-dealkylation sites (N-methyl/N-ethyl adjacent to an activating group) is 1. The van der Waals surface area contributed by atoms with E-state index in [0.717, 1.165) is 11.3 Å². The standard InChI is InChI=1S/C25H32N4O7/c1-18(2)22(23(31)34-16-19-9-5-4-6-10-19)28-21(30)15-27-24(32)35-17-36-25(33)29(3)14-12-20-11-7-8-13-26-20/h4-11,13,18,22H,12,14-17H2,1-3H3,(H,27,32)(H,28,30)/t22-/m0/s1. The number of alkyl carbamates (subject to hydrolysis) is 1. The molecule has 0 spiro atoms. The van der Waals surface area contributed by atoms with Gasteiger partial charge in [0.1, 0.15) is 19.2 Å². The molecule has 0 bridgehead atoms. The molecule has 0 aliphatic rings. The van der Waals surface area contributed by atoms with E-state index in [9.17, 15) is 19.2 Å². The van der Waals surface area contributed by atoms with E-state index in [1.165, 1.54) is 4.90 Å². The number of carbonyl (C=O) groups excluding carboxylic acids is 4. The Kier molecular flexibility index (Phi) is 11.7. The summed E-state index contributed by atoms with van der Waals surface area (Å²) in [5.41, 5.74) is 1.65. The first kappa shape index (κ1) is 28.1. The number of esters is 1. The number of hydrogen-bond acceptors (Lipinski definition) is 8. The van der Waals surface area contributed by atoms with Crippen LogP contribution in [0.3, 0.4) is 0 Å². The van der Waals surface area contributed by atoms with Gasteiger partial charge in [0.25, 0.3) is 0 Å². The Balaban J connectivity index is 1.64. The fourth-order valence-electron chi connectivity index (χ4n) is 2.91. The van der Waals surface area contributed by atoms with Crippen LogP contribution >= 0.6 is 0 Å². The van der Waals surface area contributed by atoms with Crippen LogP contribution in [-0.4, -0.2) is 66.9 Å². The molecule has 0 fully saturated rings. The maximum atomic E-state index is 12.4. The highest BCUT2D eigenvalue weighted by molar-refractivity contribution is 5.87. The summed E-state index contributed by atoms with van der Waals surface area (Å²) in [6.45, 7) is 2.91. The van der Waals surface area contributed by atoms with E-state index in [1.807, 2.05) is 42.5 Å². The Morgan fingerprint density at radius 3 is 2.36 bits per heavy atom. The van der Waals surface area contributed by atoms with Crippen molar-refractivity contribution in [1.82, 2.24) is 20.5 Å². The second-order valence-electron chi connectivity index (χ2n) is 8.19. The molecule has 0 aliphatic heterocycles. The van der Waals surface area contributed by atoms with Crippen LogP contribution in [0, 0.1) is 5.92 Å². The van der Waals surface area contributed by atoms with Crippen LogP contribution in [0.15, 0.2) is 54.7 Å². The first-order chi connectivity index (χ1) is 17.3. The van der Waals surface area contributed by atoms with Gasteiger partial charge in [-0.3, -0.25) is 9.78 Å². The van der Waals surface area contributed by atoms with Gasteiger partial charge in [-0.2, -0.15) is 0 Å². The Bertz CT molecular complexity index is 986. The monoisotopic (exact) mass is 500 g/mol. The fourth-order valence-corrected chi connectivity index (χ4v) is 2.91. The molecule has 11 heteroatoms. The highest BCUT2D eigenvalue weighted by atomic mass is 16.7. The Morgan fingerprint density at radius 1 is 0.972 bits per heavy atom. The van der Waals surface area contributed by atoms with Crippen molar-refractivity contribution in [3.05, 3.63) is 66.0 Å². The molecular formula is C25H32N4O7. The highest BCUT2D eigenvalue weighted by Crippen LogP contribution is 2.07. The van der Waals surface area contributed by atoms with Crippen LogP contribution in [0.2, 0.25) is 0 Å². The molecule has 36 heavy (non-hydrogen) atoms. The molecule has 1 atom stereocenters. The number of aromatic nitrogens is 1. The predicted octanol–water partition coefficient (Wildman–Crippen LogP) is 2.26. The minimum absolute atomic E-state index is 0.0837. The van der Waals surface area contributed by atoms with Gasteiger partial charge in [0.05, 0.1) is 0 Å².